The summed E-state index contributed by atoms with van der Waals surface area (Å²) in [5.74, 6) is 3.23. The van der Waals surface area contributed by atoms with Crippen molar-refractivity contribution in [1.29, 1.82) is 5.26 Å². The monoisotopic (exact) mass is 1100 g/mol. The number of hydrogen-bond acceptors (Lipinski definition) is 11. The zero-order valence-electron chi connectivity index (χ0n) is 51.3. The van der Waals surface area contributed by atoms with Crippen LogP contribution in [0.1, 0.15) is 223 Å². The molecule has 0 saturated heterocycles. The van der Waals surface area contributed by atoms with Crippen molar-refractivity contribution in [3.05, 3.63) is 113 Å². The summed E-state index contributed by atoms with van der Waals surface area (Å²) in [5.41, 5.74) is 17.5. The van der Waals surface area contributed by atoms with Gasteiger partial charge < -0.3 is 27.2 Å². The van der Waals surface area contributed by atoms with Crippen LogP contribution < -0.4 is 57.1 Å². The smallest absolute Gasteiger partial charge is 0.512 e. The van der Waals surface area contributed by atoms with Crippen LogP contribution in [0, 0.1) is 28.1 Å². The van der Waals surface area contributed by atoms with Crippen molar-refractivity contribution in [1.82, 2.24) is 21.7 Å². The summed E-state index contributed by atoms with van der Waals surface area (Å²) in [6.07, 6.45) is 12.4. The largest absolute Gasteiger partial charge is 1.00 e. The molecule has 0 saturated carbocycles. The molecule has 9 N–H and O–H groups in total. The molecule has 0 aliphatic heterocycles. The molecule has 0 aromatic heterocycles. The zero-order chi connectivity index (χ0) is 60.1. The molecule has 3 amide bonds. The fourth-order valence-corrected chi connectivity index (χ4v) is 5.95. The van der Waals surface area contributed by atoms with E-state index in [9.17, 15) is 19.2 Å². The van der Waals surface area contributed by atoms with Gasteiger partial charge in [0.05, 0.1) is 0 Å². The van der Waals surface area contributed by atoms with Crippen LogP contribution in [-0.4, -0.2) is 78.0 Å². The van der Waals surface area contributed by atoms with Crippen molar-refractivity contribution >= 4 is 49.6 Å². The molecule has 0 fully saturated rings. The molecule has 0 heterocycles. The Hall–Kier alpha value is -5.22. The summed E-state index contributed by atoms with van der Waals surface area (Å²) in [6, 6.07) is 23.1. The maximum Gasteiger partial charge on any atom is 1.00 e. The van der Waals surface area contributed by atoms with Gasteiger partial charge in [0.25, 0.3) is 29.7 Å². The number of benzene rings is 3. The maximum absolute atomic E-state index is 12.2. The first-order valence-electron chi connectivity index (χ1n) is 26.3. The Kier molecular flexibility index (Phi) is 56.9. The van der Waals surface area contributed by atoms with E-state index < -0.39 is 11.9 Å². The Balaban J connectivity index is -0.000000164. The van der Waals surface area contributed by atoms with Gasteiger partial charge in [0.15, 0.2) is 0 Å². The number of amides is 3. The van der Waals surface area contributed by atoms with Gasteiger partial charge in [0.1, 0.15) is 5.78 Å². The minimum atomic E-state index is -0.833. The number of ketones is 1. The van der Waals surface area contributed by atoms with Crippen LogP contribution >= 0.6 is 0 Å². The minimum Gasteiger partial charge on any atom is -0.512 e. The van der Waals surface area contributed by atoms with E-state index in [0.717, 1.165) is 97.3 Å². The van der Waals surface area contributed by atoms with Crippen molar-refractivity contribution in [3.8, 4) is 0 Å². The van der Waals surface area contributed by atoms with Gasteiger partial charge in [-0.25, -0.2) is 16.7 Å². The van der Waals surface area contributed by atoms with Crippen LogP contribution in [0.15, 0.2) is 77.9 Å². The molecule has 3 rings (SSSR count). The molecule has 1 unspecified atom stereocenters. The van der Waals surface area contributed by atoms with Gasteiger partial charge in [-0.2, -0.15) is 5.10 Å². The first-order chi connectivity index (χ1) is 35.5. The van der Waals surface area contributed by atoms with E-state index in [1.165, 1.54) is 23.1 Å². The number of aliphatic carboxylic acids is 2. The van der Waals surface area contributed by atoms with Gasteiger partial charge in [-0.15, -0.1) is 0 Å². The van der Waals surface area contributed by atoms with Crippen molar-refractivity contribution in [2.24, 2.45) is 27.2 Å². The number of rotatable bonds is 18. The molecule has 3 aromatic carbocycles. The molecule has 0 spiro atoms. The maximum atomic E-state index is 12.2. The second-order valence-corrected chi connectivity index (χ2v) is 20.5. The summed E-state index contributed by atoms with van der Waals surface area (Å²) in [4.78, 5) is 64.5. The Labute approximate surface area is 495 Å². The number of hydrazone groups is 1. The van der Waals surface area contributed by atoms with E-state index in [0.29, 0.717) is 22.5 Å². The van der Waals surface area contributed by atoms with Gasteiger partial charge in [0.2, 0.25) is 0 Å². The van der Waals surface area contributed by atoms with Gasteiger partial charge >= 0.3 is 29.6 Å². The molecule has 0 aliphatic carbocycles. The van der Waals surface area contributed by atoms with E-state index in [1.54, 1.807) is 12.1 Å². The van der Waals surface area contributed by atoms with Crippen LogP contribution in [0.5, 0.6) is 0 Å². The third-order valence-electron chi connectivity index (χ3n) is 10.8. The molecule has 18 heteroatoms. The number of aliphatic hydroxyl groups is 1. The first kappa shape index (κ1) is 86.7. The molecule has 78 heavy (non-hydrogen) atoms. The normalized spacial score (nSPS) is 10.5. The van der Waals surface area contributed by atoms with Crippen molar-refractivity contribution in [3.63, 3.8) is 0 Å². The Morgan fingerprint density at radius 3 is 1.17 bits per heavy atom. The molecule has 3 aromatic rings. The van der Waals surface area contributed by atoms with Crippen molar-refractivity contribution in [2.75, 3.05) is 7.11 Å². The zero-order valence-corrected chi connectivity index (χ0v) is 53.3. The third-order valence-corrected chi connectivity index (χ3v) is 10.8. The SMILES string of the molecule is CC(=O)O.CC(=O)O.CCCC/C(=N\NC(=O)c1ccc(CC)cc1)C(C)(C)C.CCCCC(=O)C(C)(C)C.CCCCC(NNC(=O)c1ccc(CC)cc1)C(C)(C)C.CCc1ccc(C(=O)NN)cc1.CO.[B].[C-]#N.[Na+]. The van der Waals surface area contributed by atoms with Gasteiger partial charge in [0, 0.05) is 75.1 Å². The number of hydrazine groups is 2. The van der Waals surface area contributed by atoms with Gasteiger partial charge in [-0.1, -0.05) is 166 Å². The van der Waals surface area contributed by atoms with Crippen LogP contribution in [0.4, 0.5) is 0 Å². The predicted octanol–water partition coefficient (Wildman–Crippen LogP) is 8.81. The average molecular weight is 1100 g/mol. The molecule has 1 atom stereocenters. The van der Waals surface area contributed by atoms with Crippen molar-refractivity contribution < 1.29 is 73.6 Å². The van der Waals surface area contributed by atoms with E-state index in [4.69, 9.17) is 42.6 Å². The van der Waals surface area contributed by atoms with Gasteiger partial charge in [-0.05, 0) is 103 Å². The van der Waals surface area contributed by atoms with Crippen LogP contribution in [0.3, 0.4) is 0 Å². The molecule has 0 bridgehead atoms. The number of unbranched alkanes of at least 4 members (excludes halogenated alkanes) is 3. The molecular weight excluding hydrogens is 997 g/mol. The number of nitrogens with one attached hydrogen (secondary N) is 4. The summed E-state index contributed by atoms with van der Waals surface area (Å²) in [5, 5.41) is 32.5. The predicted molar refractivity (Wildman–Crippen MR) is 316 cm³/mol. The summed E-state index contributed by atoms with van der Waals surface area (Å²) >= 11 is 0. The molecule has 3 radical (unpaired) electrons. The second-order valence-electron chi connectivity index (χ2n) is 20.5. The number of hydrogen-bond donors (Lipinski definition) is 8. The number of carboxylic acid groups (broad SMARTS) is 2. The number of aliphatic hydroxyl groups excluding tert-OH is 1. The summed E-state index contributed by atoms with van der Waals surface area (Å²) in [7, 11) is 1.00. The summed E-state index contributed by atoms with van der Waals surface area (Å²) in [6.45, 7) is 38.6. The number of aryl methyl sites for hydroxylation is 3. The van der Waals surface area contributed by atoms with Crippen LogP contribution in [0.25, 0.3) is 0 Å². The fraction of sp³-hybridized carbons (Fsp3) is 0.567. The number of carboxylic acids is 2. The van der Waals surface area contributed by atoms with Crippen LogP contribution in [0.2, 0.25) is 0 Å². The van der Waals surface area contributed by atoms with Gasteiger partial charge in [-0.3, -0.25) is 39.6 Å². The molecule has 433 valence electrons. The first-order valence-corrected chi connectivity index (χ1v) is 26.3. The topological polar surface area (TPSA) is 273 Å². The number of nitrogens with two attached hydrogens (primary N) is 1. The number of Topliss-reactive ketones (excluding diaryl/α,β-unsaturated/α-hetero) is 1. The average Bonchev–Trinajstić information content (AvgIpc) is 3.38. The second kappa shape index (κ2) is 51.2. The Morgan fingerprint density at radius 2 is 0.885 bits per heavy atom. The van der Waals surface area contributed by atoms with Crippen LogP contribution in [-0.2, 0) is 33.6 Å². The number of nitrogens with zero attached hydrogens (tertiary/aromatic N) is 2. The van der Waals surface area contributed by atoms with E-state index in [2.05, 4.69) is 110 Å². The Bertz CT molecular complexity index is 2060. The molecular formula is C60H100BN7NaO9. The Morgan fingerprint density at radius 1 is 0.564 bits per heavy atom. The third kappa shape index (κ3) is 48.0. The number of carbonyl (C=O) groups excluding carboxylic acids is 4. The number of carbonyl (C=O) groups is 6. The standard InChI is InChI=1S/C18H30N2O.C18H28N2O.C9H12N2O.C9H18O.2C2H4O2.CN.CH4O.B.Na/c2*1-6-8-9-16(18(3,4)5)19-20-17(21)15-12-10-14(7-2)11-13-15;1-2-7-3-5-8(6-4-7)9(12)11-10;1-5-6-7-8(10)9(2,3)4;2*1-2(3)4;2*1-2;;/h10-13,16,19H,6-9H2,1-5H3,(H,20,21);10-13H,6-9H2,1-5H3,(H,20,21);3-6H,2,10H2,1H3,(H,11,12);5-7H2,1-4H3;2*1H3,(H,3,4);;2H,1H3;;/q;;;;;;-1;;;+1/b;19-16+;;;;;;;;. The van der Waals surface area contributed by atoms with E-state index in [-0.39, 0.29) is 78.0 Å². The van der Waals surface area contributed by atoms with Crippen molar-refractivity contribution in [2.45, 2.75) is 201 Å². The fourth-order valence-electron chi connectivity index (χ4n) is 5.95. The quantitative estimate of drug-likeness (QED) is 0.0148. The van der Waals surface area contributed by atoms with E-state index in [1.807, 2.05) is 81.4 Å². The van der Waals surface area contributed by atoms with E-state index >= 15 is 0 Å². The summed E-state index contributed by atoms with van der Waals surface area (Å²) < 4.78 is 0. The number of nitrogen functional groups attached to an aromatic ring is 1. The molecule has 0 aliphatic rings. The molecule has 16 nitrogen and oxygen atoms in total. The minimum absolute atomic E-state index is 0.